The maximum atomic E-state index is 14.0. The van der Waals surface area contributed by atoms with Crippen LogP contribution in [0.25, 0.3) is 0 Å². The van der Waals surface area contributed by atoms with Gasteiger partial charge in [0.05, 0.1) is 5.56 Å². The Balaban J connectivity index is 1.74. The second-order valence-electron chi connectivity index (χ2n) is 6.58. The summed E-state index contributed by atoms with van der Waals surface area (Å²) in [7, 11) is 0. The van der Waals surface area contributed by atoms with Crippen molar-refractivity contribution in [2.24, 2.45) is 0 Å². The van der Waals surface area contributed by atoms with Crippen molar-refractivity contribution in [3.05, 3.63) is 29.1 Å². The van der Waals surface area contributed by atoms with E-state index in [0.717, 1.165) is 25.8 Å². The Labute approximate surface area is 135 Å². The number of hydrogen-bond donors (Lipinski definition) is 0. The normalized spacial score (nSPS) is 23.8. The molecule has 1 aromatic rings. The van der Waals surface area contributed by atoms with Crippen LogP contribution in [0.2, 0.25) is 0 Å². The van der Waals surface area contributed by atoms with Crippen LogP contribution in [0.3, 0.4) is 0 Å². The second-order valence-corrected chi connectivity index (χ2v) is 6.58. The standard InChI is InChI=1S/C18H22FNO3/c1-11-9-14(21)18-15(7-6-13(19)17(11)18)23-10-16(22)20-8-4-3-5-12(20)2/h6-7,11-12H,3-5,8-10H2,1-2H3/t11-,12-/m1/s1. The lowest BCUT2D eigenvalue weighted by Gasteiger charge is -2.33. The molecule has 0 aromatic heterocycles. The van der Waals surface area contributed by atoms with Gasteiger partial charge in [-0.1, -0.05) is 6.92 Å². The fourth-order valence-electron chi connectivity index (χ4n) is 3.64. The molecule has 0 saturated carbocycles. The van der Waals surface area contributed by atoms with E-state index in [9.17, 15) is 14.0 Å². The van der Waals surface area contributed by atoms with Crippen molar-refractivity contribution in [1.29, 1.82) is 0 Å². The number of ether oxygens (including phenoxy) is 1. The van der Waals surface area contributed by atoms with Gasteiger partial charge >= 0.3 is 0 Å². The van der Waals surface area contributed by atoms with Gasteiger partial charge in [0.1, 0.15) is 11.6 Å². The number of hydrogen-bond acceptors (Lipinski definition) is 3. The van der Waals surface area contributed by atoms with Gasteiger partial charge in [-0.25, -0.2) is 4.39 Å². The van der Waals surface area contributed by atoms with Crippen LogP contribution in [0.15, 0.2) is 12.1 Å². The van der Waals surface area contributed by atoms with E-state index in [1.165, 1.54) is 12.1 Å². The molecule has 23 heavy (non-hydrogen) atoms. The van der Waals surface area contributed by atoms with Crippen molar-refractivity contribution in [2.75, 3.05) is 13.2 Å². The highest BCUT2D eigenvalue weighted by Gasteiger charge is 2.33. The summed E-state index contributed by atoms with van der Waals surface area (Å²) in [6, 6.07) is 2.99. The SMILES string of the molecule is C[C@@H]1CC(=O)c2c(OCC(=O)N3CCCC[C@H]3C)ccc(F)c21. The summed E-state index contributed by atoms with van der Waals surface area (Å²) in [5.74, 6) is -0.371. The van der Waals surface area contributed by atoms with Crippen molar-refractivity contribution in [3.63, 3.8) is 0 Å². The lowest BCUT2D eigenvalue weighted by Crippen LogP contribution is -2.44. The summed E-state index contributed by atoms with van der Waals surface area (Å²) in [6.45, 7) is 4.51. The number of halogens is 1. The molecule has 0 spiro atoms. The monoisotopic (exact) mass is 319 g/mol. The van der Waals surface area contributed by atoms with Gasteiger partial charge in [-0.05, 0) is 44.2 Å². The van der Waals surface area contributed by atoms with E-state index in [-0.39, 0.29) is 36.1 Å². The molecular weight excluding hydrogens is 297 g/mol. The number of Topliss-reactive ketones (excluding diaryl/α,β-unsaturated/α-hetero) is 1. The van der Waals surface area contributed by atoms with E-state index in [1.54, 1.807) is 0 Å². The van der Waals surface area contributed by atoms with Crippen LogP contribution in [0.4, 0.5) is 4.39 Å². The Morgan fingerprint density at radius 2 is 2.13 bits per heavy atom. The smallest absolute Gasteiger partial charge is 0.260 e. The van der Waals surface area contributed by atoms with Crippen LogP contribution in [-0.2, 0) is 4.79 Å². The first-order chi connectivity index (χ1) is 11.0. The van der Waals surface area contributed by atoms with Crippen molar-refractivity contribution < 1.29 is 18.7 Å². The van der Waals surface area contributed by atoms with Crippen LogP contribution in [-0.4, -0.2) is 35.8 Å². The molecule has 1 saturated heterocycles. The van der Waals surface area contributed by atoms with Crippen LogP contribution in [0.5, 0.6) is 5.75 Å². The number of rotatable bonds is 3. The zero-order valence-corrected chi connectivity index (χ0v) is 13.6. The molecule has 0 bridgehead atoms. The molecule has 0 radical (unpaired) electrons. The largest absolute Gasteiger partial charge is 0.483 e. The molecule has 1 aliphatic carbocycles. The fourth-order valence-corrected chi connectivity index (χ4v) is 3.64. The first-order valence-corrected chi connectivity index (χ1v) is 8.27. The lowest BCUT2D eigenvalue weighted by atomic mass is 10.0. The predicted octanol–water partition coefficient (Wildman–Crippen LogP) is 3.30. The van der Waals surface area contributed by atoms with Gasteiger partial charge in [0.2, 0.25) is 0 Å². The van der Waals surface area contributed by atoms with E-state index in [2.05, 4.69) is 0 Å². The zero-order valence-electron chi connectivity index (χ0n) is 13.6. The molecule has 0 N–H and O–H groups in total. The molecule has 4 nitrogen and oxygen atoms in total. The number of likely N-dealkylation sites (tertiary alicyclic amines) is 1. The van der Waals surface area contributed by atoms with Crippen molar-refractivity contribution in [1.82, 2.24) is 4.90 Å². The number of nitrogens with zero attached hydrogens (tertiary/aromatic N) is 1. The Morgan fingerprint density at radius 3 is 2.87 bits per heavy atom. The van der Waals surface area contributed by atoms with Gasteiger partial charge < -0.3 is 9.64 Å². The molecule has 2 atom stereocenters. The van der Waals surface area contributed by atoms with Gasteiger partial charge in [-0.3, -0.25) is 9.59 Å². The van der Waals surface area contributed by atoms with Crippen LogP contribution >= 0.6 is 0 Å². The fraction of sp³-hybridized carbons (Fsp3) is 0.556. The average Bonchev–Trinajstić information content (AvgIpc) is 2.83. The first-order valence-electron chi connectivity index (χ1n) is 8.27. The third kappa shape index (κ3) is 2.96. The van der Waals surface area contributed by atoms with E-state index in [1.807, 2.05) is 18.7 Å². The molecule has 1 fully saturated rings. The highest BCUT2D eigenvalue weighted by molar-refractivity contribution is 6.03. The van der Waals surface area contributed by atoms with Gasteiger partial charge in [-0.15, -0.1) is 0 Å². The number of ketones is 1. The molecule has 1 aromatic carbocycles. The highest BCUT2D eigenvalue weighted by Crippen LogP contribution is 2.39. The number of amides is 1. The molecule has 3 rings (SSSR count). The molecule has 2 aliphatic rings. The van der Waals surface area contributed by atoms with E-state index < -0.39 is 0 Å². The summed E-state index contributed by atoms with van der Waals surface area (Å²) in [5.41, 5.74) is 0.739. The predicted molar refractivity (Wildman–Crippen MR) is 84.3 cm³/mol. The Bertz CT molecular complexity index is 643. The van der Waals surface area contributed by atoms with Crippen molar-refractivity contribution in [3.8, 4) is 5.75 Å². The summed E-state index contributed by atoms with van der Waals surface area (Å²) in [6.07, 6.45) is 3.46. The number of carbonyl (C=O) groups excluding carboxylic acids is 2. The number of piperidine rings is 1. The summed E-state index contributed by atoms with van der Waals surface area (Å²) in [5, 5.41) is 0. The van der Waals surface area contributed by atoms with Crippen molar-refractivity contribution >= 4 is 11.7 Å². The van der Waals surface area contributed by atoms with Crippen LogP contribution in [0.1, 0.15) is 61.4 Å². The third-order valence-electron chi connectivity index (χ3n) is 4.89. The second kappa shape index (κ2) is 6.30. The quantitative estimate of drug-likeness (QED) is 0.859. The Kier molecular flexibility index (Phi) is 4.37. The van der Waals surface area contributed by atoms with Gasteiger partial charge in [-0.2, -0.15) is 0 Å². The molecule has 0 unspecified atom stereocenters. The minimum atomic E-state index is -0.373. The van der Waals surface area contributed by atoms with Crippen molar-refractivity contribution in [2.45, 2.75) is 51.5 Å². The summed E-state index contributed by atoms with van der Waals surface area (Å²) < 4.78 is 19.6. The number of carbonyl (C=O) groups is 2. The zero-order chi connectivity index (χ0) is 16.6. The van der Waals surface area contributed by atoms with E-state index in [4.69, 9.17) is 4.74 Å². The van der Waals surface area contributed by atoms with Gasteiger partial charge in [0, 0.05) is 24.6 Å². The van der Waals surface area contributed by atoms with E-state index >= 15 is 0 Å². The molecule has 5 heteroatoms. The molecule has 1 heterocycles. The lowest BCUT2D eigenvalue weighted by molar-refractivity contribution is -0.136. The Morgan fingerprint density at radius 1 is 1.35 bits per heavy atom. The minimum Gasteiger partial charge on any atom is -0.483 e. The summed E-state index contributed by atoms with van der Waals surface area (Å²) in [4.78, 5) is 26.3. The van der Waals surface area contributed by atoms with Gasteiger partial charge in [0.25, 0.3) is 5.91 Å². The number of fused-ring (bicyclic) bond motifs is 1. The molecular formula is C18H22FNO3. The highest BCUT2D eigenvalue weighted by atomic mass is 19.1. The minimum absolute atomic E-state index is 0.0752. The molecule has 1 amide bonds. The van der Waals surface area contributed by atoms with E-state index in [0.29, 0.717) is 23.3 Å². The topological polar surface area (TPSA) is 46.6 Å². The number of benzene rings is 1. The van der Waals surface area contributed by atoms with Crippen LogP contribution < -0.4 is 4.74 Å². The summed E-state index contributed by atoms with van der Waals surface area (Å²) >= 11 is 0. The molecule has 124 valence electrons. The Hall–Kier alpha value is -1.91. The third-order valence-corrected chi connectivity index (χ3v) is 4.89. The average molecular weight is 319 g/mol. The maximum Gasteiger partial charge on any atom is 0.260 e. The van der Waals surface area contributed by atoms with Crippen LogP contribution in [0, 0.1) is 5.82 Å². The first kappa shape index (κ1) is 16.0. The molecule has 1 aliphatic heterocycles. The maximum absolute atomic E-state index is 14.0. The van der Waals surface area contributed by atoms with Gasteiger partial charge in [0.15, 0.2) is 12.4 Å².